The number of rotatable bonds is 6. The molecule has 26 heavy (non-hydrogen) atoms. The number of aryl methyl sites for hydroxylation is 1. The zero-order chi connectivity index (χ0) is 18.4. The molecule has 1 amide bonds. The van der Waals surface area contributed by atoms with Crippen molar-refractivity contribution in [2.24, 2.45) is 0 Å². The van der Waals surface area contributed by atoms with Crippen LogP contribution >= 0.6 is 11.3 Å². The van der Waals surface area contributed by atoms with E-state index in [1.165, 1.54) is 28.5 Å². The molecule has 3 aromatic rings. The smallest absolute Gasteiger partial charge is 0.250 e. The van der Waals surface area contributed by atoms with Gasteiger partial charge >= 0.3 is 0 Å². The number of thiazole rings is 1. The van der Waals surface area contributed by atoms with Gasteiger partial charge in [0.2, 0.25) is 5.91 Å². The number of methoxy groups -OCH3 is 1. The number of aromatic nitrogens is 1. The molecular formula is C21H20N2O2S. The standard InChI is InChI=1S/C21H20N2O2S/c1-15-3-5-17(6-4-15)13-19-14-22-21(26-19)23-20(24)12-9-16-7-10-18(25-2)11-8-16/h3-12,14H,13H2,1-2H3,(H,22,23,24). The van der Waals surface area contributed by atoms with Crippen molar-refractivity contribution in [2.75, 3.05) is 12.4 Å². The molecule has 0 unspecified atom stereocenters. The molecule has 132 valence electrons. The fourth-order valence-electron chi connectivity index (χ4n) is 2.39. The van der Waals surface area contributed by atoms with Crippen LogP contribution in [0.25, 0.3) is 6.08 Å². The number of anilines is 1. The normalized spacial score (nSPS) is 10.8. The number of amides is 1. The van der Waals surface area contributed by atoms with E-state index in [1.807, 2.05) is 30.5 Å². The molecule has 3 rings (SSSR count). The van der Waals surface area contributed by atoms with Crippen LogP contribution in [0.2, 0.25) is 0 Å². The molecular weight excluding hydrogens is 344 g/mol. The lowest BCUT2D eigenvalue weighted by Gasteiger charge is -2.00. The molecule has 0 aliphatic rings. The number of carbonyl (C=O) groups excluding carboxylic acids is 1. The third-order valence-electron chi connectivity index (χ3n) is 3.83. The number of carbonyl (C=O) groups is 1. The Morgan fingerprint density at radius 3 is 2.58 bits per heavy atom. The average Bonchev–Trinajstić information content (AvgIpc) is 3.09. The van der Waals surface area contributed by atoms with Gasteiger partial charge in [-0.2, -0.15) is 0 Å². The third-order valence-corrected chi connectivity index (χ3v) is 4.74. The Balaban J connectivity index is 1.56. The molecule has 0 spiro atoms. The monoisotopic (exact) mass is 364 g/mol. The van der Waals surface area contributed by atoms with Gasteiger partial charge in [-0.15, -0.1) is 11.3 Å². The van der Waals surface area contributed by atoms with Gasteiger partial charge in [0.05, 0.1) is 7.11 Å². The lowest BCUT2D eigenvalue weighted by Crippen LogP contribution is -2.07. The van der Waals surface area contributed by atoms with E-state index in [9.17, 15) is 4.79 Å². The maximum atomic E-state index is 12.1. The van der Waals surface area contributed by atoms with Gasteiger partial charge in [0, 0.05) is 23.6 Å². The van der Waals surface area contributed by atoms with Crippen molar-refractivity contribution >= 4 is 28.5 Å². The van der Waals surface area contributed by atoms with Gasteiger partial charge in [0.1, 0.15) is 5.75 Å². The van der Waals surface area contributed by atoms with Crippen molar-refractivity contribution in [3.63, 3.8) is 0 Å². The van der Waals surface area contributed by atoms with Gasteiger partial charge < -0.3 is 4.74 Å². The Morgan fingerprint density at radius 1 is 1.15 bits per heavy atom. The topological polar surface area (TPSA) is 51.2 Å². The lowest BCUT2D eigenvalue weighted by molar-refractivity contribution is -0.111. The largest absolute Gasteiger partial charge is 0.497 e. The molecule has 5 heteroatoms. The summed E-state index contributed by atoms with van der Waals surface area (Å²) in [7, 11) is 1.62. The summed E-state index contributed by atoms with van der Waals surface area (Å²) in [6, 6.07) is 15.9. The summed E-state index contributed by atoms with van der Waals surface area (Å²) in [6.07, 6.45) is 5.89. The van der Waals surface area contributed by atoms with Gasteiger partial charge in [-0.3, -0.25) is 10.1 Å². The summed E-state index contributed by atoms with van der Waals surface area (Å²) >= 11 is 1.49. The summed E-state index contributed by atoms with van der Waals surface area (Å²) in [5.74, 6) is 0.590. The van der Waals surface area contributed by atoms with E-state index in [0.717, 1.165) is 22.6 Å². The van der Waals surface area contributed by atoms with E-state index in [0.29, 0.717) is 5.13 Å². The molecule has 1 heterocycles. The van der Waals surface area contributed by atoms with Crippen LogP contribution < -0.4 is 10.1 Å². The summed E-state index contributed by atoms with van der Waals surface area (Å²) in [5, 5.41) is 3.41. The first-order chi connectivity index (χ1) is 12.6. The van der Waals surface area contributed by atoms with Gasteiger partial charge in [0.15, 0.2) is 5.13 Å². The molecule has 1 aromatic heterocycles. The van der Waals surface area contributed by atoms with Gasteiger partial charge in [0.25, 0.3) is 0 Å². The highest BCUT2D eigenvalue weighted by Crippen LogP contribution is 2.21. The number of ether oxygens (including phenoxy) is 1. The van der Waals surface area contributed by atoms with E-state index in [-0.39, 0.29) is 5.91 Å². The molecule has 0 fully saturated rings. The minimum Gasteiger partial charge on any atom is -0.497 e. The number of nitrogens with one attached hydrogen (secondary N) is 1. The molecule has 0 aliphatic heterocycles. The van der Waals surface area contributed by atoms with Crippen LogP contribution in [0.15, 0.2) is 60.8 Å². The molecule has 0 aliphatic carbocycles. The predicted octanol–water partition coefficient (Wildman–Crippen LogP) is 4.70. The second-order valence-corrected chi connectivity index (χ2v) is 7.01. The van der Waals surface area contributed by atoms with Crippen LogP contribution in [0.4, 0.5) is 5.13 Å². The summed E-state index contributed by atoms with van der Waals surface area (Å²) in [6.45, 7) is 2.07. The Bertz CT molecular complexity index is 897. The van der Waals surface area contributed by atoms with Crippen molar-refractivity contribution in [3.8, 4) is 5.75 Å². The number of benzene rings is 2. The summed E-state index contributed by atoms with van der Waals surface area (Å²) in [4.78, 5) is 17.5. The first-order valence-corrected chi connectivity index (χ1v) is 9.07. The fourth-order valence-corrected chi connectivity index (χ4v) is 3.24. The molecule has 0 saturated heterocycles. The third kappa shape index (κ3) is 5.04. The maximum Gasteiger partial charge on any atom is 0.250 e. The first kappa shape index (κ1) is 17.9. The minimum atomic E-state index is -0.197. The second kappa shape index (κ2) is 8.45. The highest BCUT2D eigenvalue weighted by atomic mass is 32.1. The molecule has 4 nitrogen and oxygen atoms in total. The van der Waals surface area contributed by atoms with Crippen molar-refractivity contribution in [2.45, 2.75) is 13.3 Å². The van der Waals surface area contributed by atoms with E-state index in [4.69, 9.17) is 4.74 Å². The van der Waals surface area contributed by atoms with Crippen LogP contribution in [0.5, 0.6) is 5.75 Å². The van der Waals surface area contributed by atoms with Gasteiger partial charge in [-0.25, -0.2) is 4.98 Å². The summed E-state index contributed by atoms with van der Waals surface area (Å²) in [5.41, 5.74) is 3.41. The number of hydrogen-bond donors (Lipinski definition) is 1. The fraction of sp³-hybridized carbons (Fsp3) is 0.143. The van der Waals surface area contributed by atoms with Gasteiger partial charge in [-0.1, -0.05) is 42.0 Å². The molecule has 0 bridgehead atoms. The van der Waals surface area contributed by atoms with Crippen molar-refractivity contribution in [3.05, 3.63) is 82.4 Å². The highest BCUT2D eigenvalue weighted by molar-refractivity contribution is 7.15. The first-order valence-electron chi connectivity index (χ1n) is 8.26. The average molecular weight is 364 g/mol. The number of nitrogens with zero attached hydrogens (tertiary/aromatic N) is 1. The van der Waals surface area contributed by atoms with Crippen LogP contribution in [0.1, 0.15) is 21.6 Å². The molecule has 0 radical (unpaired) electrons. The van der Waals surface area contributed by atoms with E-state index in [2.05, 4.69) is 41.5 Å². The zero-order valence-electron chi connectivity index (χ0n) is 14.7. The Kier molecular flexibility index (Phi) is 5.81. The van der Waals surface area contributed by atoms with E-state index < -0.39 is 0 Å². The van der Waals surface area contributed by atoms with E-state index >= 15 is 0 Å². The second-order valence-electron chi connectivity index (χ2n) is 5.89. The highest BCUT2D eigenvalue weighted by Gasteiger charge is 2.05. The quantitative estimate of drug-likeness (QED) is 0.645. The summed E-state index contributed by atoms with van der Waals surface area (Å²) < 4.78 is 5.11. The van der Waals surface area contributed by atoms with Crippen molar-refractivity contribution in [1.82, 2.24) is 4.98 Å². The SMILES string of the molecule is COc1ccc(C=CC(=O)Nc2ncc(Cc3ccc(C)cc3)s2)cc1. The van der Waals surface area contributed by atoms with Crippen LogP contribution in [-0.4, -0.2) is 18.0 Å². The zero-order valence-corrected chi connectivity index (χ0v) is 15.5. The number of hydrogen-bond acceptors (Lipinski definition) is 4. The van der Waals surface area contributed by atoms with E-state index in [1.54, 1.807) is 13.2 Å². The predicted molar refractivity (Wildman–Crippen MR) is 107 cm³/mol. The Hall–Kier alpha value is -2.92. The molecule has 0 saturated carbocycles. The lowest BCUT2D eigenvalue weighted by atomic mass is 10.1. The van der Waals surface area contributed by atoms with Crippen LogP contribution in [0, 0.1) is 6.92 Å². The molecule has 0 atom stereocenters. The van der Waals surface area contributed by atoms with Crippen LogP contribution in [0.3, 0.4) is 0 Å². The molecule has 1 N–H and O–H groups in total. The minimum absolute atomic E-state index is 0.197. The maximum absolute atomic E-state index is 12.1. The van der Waals surface area contributed by atoms with Crippen LogP contribution in [-0.2, 0) is 11.2 Å². The van der Waals surface area contributed by atoms with Gasteiger partial charge in [-0.05, 0) is 36.3 Å². The Labute approximate surface area is 157 Å². The Morgan fingerprint density at radius 2 is 1.88 bits per heavy atom. The molecule has 2 aromatic carbocycles. The van der Waals surface area contributed by atoms with Crippen molar-refractivity contribution < 1.29 is 9.53 Å². The van der Waals surface area contributed by atoms with Crippen molar-refractivity contribution in [1.29, 1.82) is 0 Å².